The van der Waals surface area contributed by atoms with E-state index in [0.29, 0.717) is 30.2 Å². The number of anilines is 2. The topological polar surface area (TPSA) is 116 Å². The summed E-state index contributed by atoms with van der Waals surface area (Å²) in [6.45, 7) is 2.65. The number of fused-ring (bicyclic) bond motifs is 1. The second-order valence-corrected chi connectivity index (χ2v) is 7.90. The van der Waals surface area contributed by atoms with E-state index in [1.54, 1.807) is 40.4 Å². The van der Waals surface area contributed by atoms with E-state index in [9.17, 15) is 19.2 Å². The monoisotopic (exact) mass is 420 g/mol. The largest absolute Gasteiger partial charge is 0.331 e. The molecule has 2 aromatic rings. The summed E-state index contributed by atoms with van der Waals surface area (Å²) in [7, 11) is 0. The van der Waals surface area contributed by atoms with Gasteiger partial charge in [-0.1, -0.05) is 0 Å². The molecule has 0 bridgehead atoms. The van der Waals surface area contributed by atoms with Crippen LogP contribution in [0.25, 0.3) is 0 Å². The molecule has 2 fully saturated rings. The molecular formula is C21H20N6O4. The maximum absolute atomic E-state index is 13.1. The fourth-order valence-electron chi connectivity index (χ4n) is 4.39. The Balaban J connectivity index is 1.39. The standard InChI is InChI=1S/C21H20N6O4/c1-12-10-25(21(31)27(12)20-22-7-2-8-23-20)14-3-4-15-13(9-14)11-26(19(15)30)16-5-6-17(28)24-18(16)29/h2-4,7-9,12,16H,5-6,10-11H2,1H3,(H,24,28,29)/t12-,16?/m1/s1. The molecule has 1 N–H and O–H groups in total. The maximum atomic E-state index is 13.1. The molecule has 0 radical (unpaired) electrons. The lowest BCUT2D eigenvalue weighted by atomic mass is 10.0. The average Bonchev–Trinajstić information content (AvgIpc) is 3.24. The molecule has 3 aliphatic rings. The molecule has 1 aromatic carbocycles. The van der Waals surface area contributed by atoms with Gasteiger partial charge in [-0.3, -0.25) is 29.5 Å². The summed E-state index contributed by atoms with van der Waals surface area (Å²) in [5, 5.41) is 2.30. The summed E-state index contributed by atoms with van der Waals surface area (Å²) in [6, 6.07) is 5.93. The number of urea groups is 1. The van der Waals surface area contributed by atoms with Crippen molar-refractivity contribution >= 4 is 35.4 Å². The number of nitrogens with zero attached hydrogens (tertiary/aromatic N) is 5. The SMILES string of the molecule is C[C@@H]1CN(c2ccc3c(c2)CN(C2CCC(=O)NC2=O)C3=O)C(=O)N1c1ncccn1. The number of amides is 5. The number of imide groups is 1. The first-order valence-corrected chi connectivity index (χ1v) is 10.1. The lowest BCUT2D eigenvalue weighted by Gasteiger charge is -2.29. The minimum absolute atomic E-state index is 0.121. The van der Waals surface area contributed by atoms with Gasteiger partial charge in [-0.2, -0.15) is 0 Å². The van der Waals surface area contributed by atoms with Gasteiger partial charge in [0.1, 0.15) is 6.04 Å². The van der Waals surface area contributed by atoms with Crippen molar-refractivity contribution in [1.82, 2.24) is 20.2 Å². The van der Waals surface area contributed by atoms with E-state index in [2.05, 4.69) is 15.3 Å². The van der Waals surface area contributed by atoms with Gasteiger partial charge in [0, 0.05) is 43.2 Å². The molecule has 1 unspecified atom stereocenters. The summed E-state index contributed by atoms with van der Waals surface area (Å²) in [6.07, 6.45) is 3.70. The van der Waals surface area contributed by atoms with Gasteiger partial charge >= 0.3 is 6.03 Å². The number of hydrogen-bond acceptors (Lipinski definition) is 6. The van der Waals surface area contributed by atoms with E-state index < -0.39 is 11.9 Å². The first-order chi connectivity index (χ1) is 14.9. The van der Waals surface area contributed by atoms with Crippen molar-refractivity contribution in [3.63, 3.8) is 0 Å². The molecule has 10 heteroatoms. The highest BCUT2D eigenvalue weighted by atomic mass is 16.2. The van der Waals surface area contributed by atoms with Crippen LogP contribution in [0.1, 0.15) is 35.7 Å². The summed E-state index contributed by atoms with van der Waals surface area (Å²) >= 11 is 0. The number of benzene rings is 1. The predicted octanol–water partition coefficient (Wildman–Crippen LogP) is 1.07. The van der Waals surface area contributed by atoms with Crippen LogP contribution < -0.4 is 15.1 Å². The number of nitrogens with one attached hydrogen (secondary N) is 1. The van der Waals surface area contributed by atoms with Crippen LogP contribution in [0.15, 0.2) is 36.7 Å². The van der Waals surface area contributed by atoms with Gasteiger partial charge in [0.05, 0.1) is 6.04 Å². The highest BCUT2D eigenvalue weighted by Gasteiger charge is 2.41. The molecule has 10 nitrogen and oxygen atoms in total. The molecule has 3 aliphatic heterocycles. The van der Waals surface area contributed by atoms with E-state index in [0.717, 1.165) is 5.56 Å². The van der Waals surface area contributed by atoms with E-state index >= 15 is 0 Å². The molecule has 4 heterocycles. The first kappa shape index (κ1) is 19.2. The second-order valence-electron chi connectivity index (χ2n) is 7.90. The second kappa shape index (κ2) is 7.15. The van der Waals surface area contributed by atoms with Gasteiger partial charge in [-0.15, -0.1) is 0 Å². The third kappa shape index (κ3) is 3.11. The van der Waals surface area contributed by atoms with Gasteiger partial charge in [0.25, 0.3) is 5.91 Å². The summed E-state index contributed by atoms with van der Waals surface area (Å²) in [4.78, 5) is 62.6. The molecule has 0 saturated carbocycles. The van der Waals surface area contributed by atoms with Crippen LogP contribution in [0.4, 0.5) is 16.4 Å². The lowest BCUT2D eigenvalue weighted by molar-refractivity contribution is -0.136. The normalized spacial score (nSPS) is 23.5. The zero-order valence-corrected chi connectivity index (χ0v) is 16.8. The van der Waals surface area contributed by atoms with Gasteiger partial charge < -0.3 is 4.90 Å². The Morgan fingerprint density at radius 3 is 2.61 bits per heavy atom. The van der Waals surface area contributed by atoms with Crippen LogP contribution in [0, 0.1) is 0 Å². The zero-order valence-electron chi connectivity index (χ0n) is 16.8. The number of carbonyl (C=O) groups is 4. The Kier molecular flexibility index (Phi) is 4.42. The number of piperidine rings is 1. The fourth-order valence-corrected chi connectivity index (χ4v) is 4.39. The van der Waals surface area contributed by atoms with Crippen molar-refractivity contribution in [3.8, 4) is 0 Å². The smallest absolute Gasteiger partial charge is 0.322 e. The third-order valence-electron chi connectivity index (χ3n) is 5.91. The van der Waals surface area contributed by atoms with Crippen molar-refractivity contribution in [1.29, 1.82) is 0 Å². The van der Waals surface area contributed by atoms with E-state index in [4.69, 9.17) is 0 Å². The molecule has 158 valence electrons. The highest BCUT2D eigenvalue weighted by Crippen LogP contribution is 2.33. The molecule has 0 spiro atoms. The van der Waals surface area contributed by atoms with Crippen LogP contribution in [0.2, 0.25) is 0 Å². The van der Waals surface area contributed by atoms with E-state index in [-0.39, 0.29) is 36.9 Å². The van der Waals surface area contributed by atoms with E-state index in [1.165, 1.54) is 4.90 Å². The van der Waals surface area contributed by atoms with Crippen LogP contribution >= 0.6 is 0 Å². The average molecular weight is 420 g/mol. The highest BCUT2D eigenvalue weighted by molar-refractivity contribution is 6.08. The molecule has 2 atom stereocenters. The number of rotatable bonds is 3. The van der Waals surface area contributed by atoms with E-state index in [1.807, 2.05) is 13.0 Å². The molecule has 5 rings (SSSR count). The van der Waals surface area contributed by atoms with Crippen molar-refractivity contribution < 1.29 is 19.2 Å². The maximum Gasteiger partial charge on any atom is 0.331 e. The van der Waals surface area contributed by atoms with Gasteiger partial charge in [0.15, 0.2) is 0 Å². The molecule has 31 heavy (non-hydrogen) atoms. The van der Waals surface area contributed by atoms with Gasteiger partial charge in [-0.05, 0) is 43.2 Å². The number of carbonyl (C=O) groups excluding carboxylic acids is 4. The first-order valence-electron chi connectivity index (χ1n) is 10.1. The van der Waals surface area contributed by atoms with Crippen LogP contribution in [-0.4, -0.2) is 57.2 Å². The van der Waals surface area contributed by atoms with Crippen LogP contribution in [0.5, 0.6) is 0 Å². The molecule has 2 saturated heterocycles. The van der Waals surface area contributed by atoms with Crippen LogP contribution in [-0.2, 0) is 16.1 Å². The molecule has 5 amide bonds. The predicted molar refractivity (Wildman–Crippen MR) is 109 cm³/mol. The van der Waals surface area contributed by atoms with Crippen molar-refractivity contribution in [2.24, 2.45) is 0 Å². The summed E-state index contributed by atoms with van der Waals surface area (Å²) < 4.78 is 0. The molecular weight excluding hydrogens is 400 g/mol. The van der Waals surface area contributed by atoms with Crippen molar-refractivity contribution in [2.75, 3.05) is 16.3 Å². The van der Waals surface area contributed by atoms with Crippen molar-refractivity contribution in [2.45, 2.75) is 38.4 Å². The fraction of sp³-hybridized carbons (Fsp3) is 0.333. The molecule has 0 aliphatic carbocycles. The Morgan fingerprint density at radius 2 is 1.87 bits per heavy atom. The zero-order chi connectivity index (χ0) is 21.7. The minimum atomic E-state index is -0.666. The molecule has 1 aromatic heterocycles. The van der Waals surface area contributed by atoms with Gasteiger partial charge in [-0.25, -0.2) is 14.8 Å². The lowest BCUT2D eigenvalue weighted by Crippen LogP contribution is -2.52. The third-order valence-corrected chi connectivity index (χ3v) is 5.91. The number of aromatic nitrogens is 2. The Hall–Kier alpha value is -3.82. The summed E-state index contributed by atoms with van der Waals surface area (Å²) in [5.74, 6) is -0.652. The van der Waals surface area contributed by atoms with Gasteiger partial charge in [0.2, 0.25) is 17.8 Å². The Bertz CT molecular complexity index is 1100. The quantitative estimate of drug-likeness (QED) is 0.743. The minimum Gasteiger partial charge on any atom is -0.322 e. The Labute approximate surface area is 177 Å². The summed E-state index contributed by atoms with van der Waals surface area (Å²) in [5.41, 5.74) is 1.94. The Morgan fingerprint density at radius 1 is 1.10 bits per heavy atom. The number of hydrogen-bond donors (Lipinski definition) is 1. The van der Waals surface area contributed by atoms with Crippen LogP contribution in [0.3, 0.4) is 0 Å². The van der Waals surface area contributed by atoms with Crippen molar-refractivity contribution in [3.05, 3.63) is 47.8 Å².